The normalized spacial score (nSPS) is 9.81. The second-order valence-electron chi connectivity index (χ2n) is 13.6. The molecule has 0 amide bonds. The maximum atomic E-state index is 14.4. The van der Waals surface area contributed by atoms with E-state index in [1.807, 2.05) is 74.5 Å². The molecule has 0 fully saturated rings. The zero-order valence-electron chi connectivity index (χ0n) is 32.1. The van der Waals surface area contributed by atoms with Crippen molar-refractivity contribution in [1.82, 2.24) is 0 Å². The molecule has 0 saturated heterocycles. The molecule has 0 saturated carbocycles. The summed E-state index contributed by atoms with van der Waals surface area (Å²) in [5.41, 5.74) is 15.5. The van der Waals surface area contributed by atoms with Gasteiger partial charge in [-0.05, 0) is 173 Å². The van der Waals surface area contributed by atoms with E-state index in [4.69, 9.17) is 0 Å². The van der Waals surface area contributed by atoms with Gasteiger partial charge in [-0.15, -0.1) is 0 Å². The summed E-state index contributed by atoms with van der Waals surface area (Å²) >= 11 is 0. The van der Waals surface area contributed by atoms with Crippen LogP contribution in [0.3, 0.4) is 0 Å². The van der Waals surface area contributed by atoms with Gasteiger partial charge in [0.15, 0.2) is 0 Å². The Morgan fingerprint density at radius 1 is 0.278 bits per heavy atom. The third-order valence-electron chi connectivity index (χ3n) is 9.13. The summed E-state index contributed by atoms with van der Waals surface area (Å²) in [7, 11) is 0. The van der Waals surface area contributed by atoms with Crippen molar-refractivity contribution in [2.45, 2.75) is 55.4 Å². The van der Waals surface area contributed by atoms with Gasteiger partial charge < -0.3 is 0 Å². The van der Waals surface area contributed by atoms with E-state index in [0.717, 1.165) is 33.4 Å². The van der Waals surface area contributed by atoms with Crippen LogP contribution in [0.5, 0.6) is 0 Å². The van der Waals surface area contributed by atoms with Crippen LogP contribution in [0.2, 0.25) is 0 Å². The minimum absolute atomic E-state index is 0.228. The molecule has 0 spiro atoms. The standard InChI is InChI=1S/2C26H21F/c1-18-5-7-22(8-6-18)9-12-24-13-10-23(17-26(24)27)11-14-25-16-20(3)19(2)15-21(25)4;1-18-5-6-24(17-26(18)27)12-11-22-7-9-23(10-8-22)13-14-25-16-20(3)19(2)15-21(25)4/h5-8,10,13,15-17H,1-4H3;5-10,15-17H,1-4H3. The largest absolute Gasteiger partial charge is 0.207 e. The number of benzene rings is 6. The highest BCUT2D eigenvalue weighted by Gasteiger charge is 2.03. The van der Waals surface area contributed by atoms with Crippen LogP contribution in [0, 0.1) is 114 Å². The average Bonchev–Trinajstić information content (AvgIpc) is 3.15. The Kier molecular flexibility index (Phi) is 12.7. The van der Waals surface area contributed by atoms with E-state index in [1.165, 1.54) is 45.5 Å². The molecule has 6 rings (SSSR count). The first-order valence-corrected chi connectivity index (χ1v) is 17.8. The molecule has 0 bridgehead atoms. The second-order valence-corrected chi connectivity index (χ2v) is 13.6. The third kappa shape index (κ3) is 10.7. The molecule has 264 valence electrons. The summed E-state index contributed by atoms with van der Waals surface area (Å²) in [6.07, 6.45) is 0. The summed E-state index contributed by atoms with van der Waals surface area (Å²) in [6, 6.07) is 34.2. The number of halogens is 2. The van der Waals surface area contributed by atoms with Gasteiger partial charge in [0.05, 0.1) is 5.56 Å². The van der Waals surface area contributed by atoms with Gasteiger partial charge in [0, 0.05) is 38.9 Å². The highest BCUT2D eigenvalue weighted by molar-refractivity contribution is 5.53. The first-order valence-electron chi connectivity index (χ1n) is 17.8. The maximum Gasteiger partial charge on any atom is 0.140 e. The summed E-state index contributed by atoms with van der Waals surface area (Å²) in [4.78, 5) is 0. The van der Waals surface area contributed by atoms with E-state index in [-0.39, 0.29) is 11.6 Å². The molecule has 0 heterocycles. The Bertz CT molecular complexity index is 2590. The van der Waals surface area contributed by atoms with Gasteiger partial charge in [-0.1, -0.05) is 83.3 Å². The van der Waals surface area contributed by atoms with Gasteiger partial charge in [0.2, 0.25) is 0 Å². The van der Waals surface area contributed by atoms with Crippen molar-refractivity contribution < 1.29 is 8.78 Å². The number of rotatable bonds is 0. The molecule has 2 heteroatoms. The van der Waals surface area contributed by atoms with Crippen molar-refractivity contribution in [3.05, 3.63) is 210 Å². The average molecular weight is 705 g/mol. The Labute approximate surface area is 320 Å². The van der Waals surface area contributed by atoms with Crippen LogP contribution in [0.4, 0.5) is 8.78 Å². The lowest BCUT2D eigenvalue weighted by Crippen LogP contribution is -1.89. The molecule has 0 radical (unpaired) electrons. The van der Waals surface area contributed by atoms with Crippen LogP contribution in [0.1, 0.15) is 89.0 Å². The molecule has 6 aromatic rings. The Hall–Kier alpha value is -6.58. The fraction of sp³-hybridized carbons (Fsp3) is 0.154. The van der Waals surface area contributed by atoms with Crippen LogP contribution in [0.15, 0.2) is 109 Å². The topological polar surface area (TPSA) is 0 Å². The number of hydrogen-bond acceptors (Lipinski definition) is 0. The lowest BCUT2D eigenvalue weighted by atomic mass is 10.0. The lowest BCUT2D eigenvalue weighted by Gasteiger charge is -2.04. The zero-order valence-corrected chi connectivity index (χ0v) is 32.1. The monoisotopic (exact) mass is 704 g/mol. The first kappa shape index (κ1) is 38.6. The molecular formula is C52H42F2. The molecule has 0 aliphatic carbocycles. The predicted octanol–water partition coefficient (Wildman–Crippen LogP) is 11.7. The zero-order chi connectivity index (χ0) is 38.8. The molecular weight excluding hydrogens is 663 g/mol. The SMILES string of the molecule is Cc1cc(C)c(C#Cc2ccc(C#Cc3ccc(C)c(F)c3)cc2)cc1C.Cc1ccc(C#Cc2ccc(C#Cc3cc(C)c(C)cc3C)cc2F)cc1. The van der Waals surface area contributed by atoms with Gasteiger partial charge in [-0.3, -0.25) is 0 Å². The number of hydrogen-bond donors (Lipinski definition) is 0. The van der Waals surface area contributed by atoms with E-state index in [2.05, 4.69) is 106 Å². The molecule has 0 N–H and O–H groups in total. The minimum Gasteiger partial charge on any atom is -0.207 e. The Morgan fingerprint density at radius 2 is 0.630 bits per heavy atom. The highest BCUT2D eigenvalue weighted by atomic mass is 19.1. The van der Waals surface area contributed by atoms with Crippen molar-refractivity contribution in [3.8, 4) is 47.4 Å². The first-order chi connectivity index (χ1) is 25.8. The summed E-state index contributed by atoms with van der Waals surface area (Å²) < 4.78 is 27.9. The molecule has 0 aliphatic rings. The molecule has 54 heavy (non-hydrogen) atoms. The Morgan fingerprint density at radius 3 is 1.11 bits per heavy atom. The van der Waals surface area contributed by atoms with E-state index in [9.17, 15) is 8.78 Å². The maximum absolute atomic E-state index is 14.4. The van der Waals surface area contributed by atoms with Gasteiger partial charge in [0.25, 0.3) is 0 Å². The van der Waals surface area contributed by atoms with Gasteiger partial charge in [-0.2, -0.15) is 0 Å². The quantitative estimate of drug-likeness (QED) is 0.138. The van der Waals surface area contributed by atoms with Crippen molar-refractivity contribution >= 4 is 0 Å². The van der Waals surface area contributed by atoms with Crippen LogP contribution in [0.25, 0.3) is 0 Å². The van der Waals surface area contributed by atoms with Gasteiger partial charge in [0.1, 0.15) is 11.6 Å². The van der Waals surface area contributed by atoms with E-state index in [1.54, 1.807) is 19.1 Å². The van der Waals surface area contributed by atoms with E-state index < -0.39 is 0 Å². The van der Waals surface area contributed by atoms with Crippen molar-refractivity contribution in [2.75, 3.05) is 0 Å². The lowest BCUT2D eigenvalue weighted by molar-refractivity contribution is 0.618. The van der Waals surface area contributed by atoms with Crippen molar-refractivity contribution in [2.24, 2.45) is 0 Å². The fourth-order valence-corrected chi connectivity index (χ4v) is 5.39. The molecule has 6 aromatic carbocycles. The van der Waals surface area contributed by atoms with Crippen molar-refractivity contribution in [1.29, 1.82) is 0 Å². The molecule has 0 aromatic heterocycles. The predicted molar refractivity (Wildman–Crippen MR) is 220 cm³/mol. The van der Waals surface area contributed by atoms with E-state index in [0.29, 0.717) is 22.3 Å². The summed E-state index contributed by atoms with van der Waals surface area (Å²) in [6.45, 7) is 16.3. The fourth-order valence-electron chi connectivity index (χ4n) is 5.39. The smallest absolute Gasteiger partial charge is 0.140 e. The van der Waals surface area contributed by atoms with Crippen LogP contribution in [-0.4, -0.2) is 0 Å². The van der Waals surface area contributed by atoms with E-state index >= 15 is 0 Å². The van der Waals surface area contributed by atoms with Crippen molar-refractivity contribution in [3.63, 3.8) is 0 Å². The number of aryl methyl sites for hydroxylation is 8. The second kappa shape index (κ2) is 17.8. The molecule has 0 aliphatic heterocycles. The minimum atomic E-state index is -0.349. The van der Waals surface area contributed by atoms with Crippen LogP contribution < -0.4 is 0 Å². The van der Waals surface area contributed by atoms with Gasteiger partial charge in [-0.25, -0.2) is 8.78 Å². The van der Waals surface area contributed by atoms with Crippen LogP contribution in [-0.2, 0) is 0 Å². The summed E-state index contributed by atoms with van der Waals surface area (Å²) in [5, 5.41) is 0. The highest BCUT2D eigenvalue weighted by Crippen LogP contribution is 2.17. The van der Waals surface area contributed by atoms with Crippen LogP contribution >= 0.6 is 0 Å². The third-order valence-corrected chi connectivity index (χ3v) is 9.13. The summed E-state index contributed by atoms with van der Waals surface area (Å²) in [5.74, 6) is 24.1. The molecule has 0 atom stereocenters. The molecule has 0 unspecified atom stereocenters. The molecule has 0 nitrogen and oxygen atoms in total. The Balaban J connectivity index is 0.000000208. The van der Waals surface area contributed by atoms with Gasteiger partial charge >= 0.3 is 0 Å².